The lowest BCUT2D eigenvalue weighted by molar-refractivity contribution is 0.0458. The molecule has 3 nitrogen and oxygen atoms in total. The second kappa shape index (κ2) is 6.11. The third-order valence-electron chi connectivity index (χ3n) is 5.95. The normalized spacial score (nSPS) is 28.4. The lowest BCUT2D eigenvalue weighted by Gasteiger charge is -2.50. The number of nitrogens with one attached hydrogen (secondary N) is 1. The van der Waals surface area contributed by atoms with E-state index in [0.29, 0.717) is 12.1 Å². The number of hydrogen-bond acceptors (Lipinski definition) is 4. The largest absolute Gasteiger partial charge is 0.379 e. The van der Waals surface area contributed by atoms with Crippen LogP contribution in [0.5, 0.6) is 0 Å². The molecule has 3 aromatic rings. The third-order valence-corrected chi connectivity index (χ3v) is 7.09. The molecule has 1 N–H and O–H groups in total. The summed E-state index contributed by atoms with van der Waals surface area (Å²) in [6, 6.07) is 16.3. The summed E-state index contributed by atoms with van der Waals surface area (Å²) in [5, 5.41) is 5.07. The van der Waals surface area contributed by atoms with E-state index >= 15 is 0 Å². The molecule has 25 heavy (non-hydrogen) atoms. The number of pyridine rings is 1. The number of thiophene rings is 1. The fourth-order valence-electron chi connectivity index (χ4n) is 4.47. The van der Waals surface area contributed by atoms with Gasteiger partial charge in [-0.2, -0.15) is 0 Å². The number of rotatable bonds is 3. The minimum absolute atomic E-state index is 0.555. The van der Waals surface area contributed by atoms with Crippen molar-refractivity contribution in [3.05, 3.63) is 48.7 Å². The van der Waals surface area contributed by atoms with Gasteiger partial charge in [0.25, 0.3) is 0 Å². The smallest absolute Gasteiger partial charge is 0.0803 e. The van der Waals surface area contributed by atoms with Crippen LogP contribution in [0.3, 0.4) is 0 Å². The van der Waals surface area contributed by atoms with Crippen molar-refractivity contribution in [1.82, 2.24) is 9.88 Å². The predicted octanol–water partition coefficient (Wildman–Crippen LogP) is 4.86. The van der Waals surface area contributed by atoms with Gasteiger partial charge in [0.15, 0.2) is 0 Å². The van der Waals surface area contributed by atoms with Crippen LogP contribution in [-0.2, 0) is 0 Å². The van der Waals surface area contributed by atoms with Crippen LogP contribution in [0.1, 0.15) is 19.8 Å². The van der Waals surface area contributed by atoms with Gasteiger partial charge < -0.3 is 5.32 Å². The lowest BCUT2D eigenvalue weighted by Crippen LogP contribution is -2.59. The Hall–Kier alpha value is -1.91. The maximum Gasteiger partial charge on any atom is 0.0803 e. The van der Waals surface area contributed by atoms with Gasteiger partial charge in [-0.1, -0.05) is 18.2 Å². The van der Waals surface area contributed by atoms with Crippen molar-refractivity contribution in [2.24, 2.45) is 5.92 Å². The fraction of sp³-hybridized carbons (Fsp3) is 0.381. The Kier molecular flexibility index (Phi) is 3.75. The molecule has 3 fully saturated rings. The summed E-state index contributed by atoms with van der Waals surface area (Å²) in [7, 11) is 0. The Morgan fingerprint density at radius 3 is 2.68 bits per heavy atom. The Morgan fingerprint density at radius 2 is 1.96 bits per heavy atom. The Labute approximate surface area is 152 Å². The minimum Gasteiger partial charge on any atom is -0.379 e. The highest BCUT2D eigenvalue weighted by Crippen LogP contribution is 2.35. The SMILES string of the molecule is CC1C(Nc2ccc(-c3cc4ccccc4s3)nc2)C2CCN1CC2. The molecule has 5 heterocycles. The van der Waals surface area contributed by atoms with Gasteiger partial charge in [0.05, 0.1) is 22.5 Å². The fourth-order valence-corrected chi connectivity index (χ4v) is 5.51. The number of anilines is 1. The molecule has 0 aliphatic carbocycles. The molecule has 3 aliphatic heterocycles. The number of aromatic nitrogens is 1. The van der Waals surface area contributed by atoms with Crippen molar-refractivity contribution in [2.75, 3.05) is 18.4 Å². The Balaban J connectivity index is 1.36. The average Bonchev–Trinajstić information content (AvgIpc) is 3.10. The maximum absolute atomic E-state index is 4.73. The molecule has 0 saturated carbocycles. The zero-order chi connectivity index (χ0) is 16.8. The second-order valence-electron chi connectivity index (χ2n) is 7.36. The highest BCUT2D eigenvalue weighted by molar-refractivity contribution is 7.22. The molecule has 0 spiro atoms. The van der Waals surface area contributed by atoms with Crippen LogP contribution in [-0.4, -0.2) is 35.1 Å². The van der Waals surface area contributed by atoms with Crippen LogP contribution in [0, 0.1) is 5.92 Å². The van der Waals surface area contributed by atoms with Crippen molar-refractivity contribution >= 4 is 27.1 Å². The second-order valence-corrected chi connectivity index (χ2v) is 8.45. The molecular formula is C21H23N3S. The van der Waals surface area contributed by atoms with E-state index in [0.717, 1.165) is 17.3 Å². The van der Waals surface area contributed by atoms with E-state index < -0.39 is 0 Å². The van der Waals surface area contributed by atoms with Crippen LogP contribution < -0.4 is 5.32 Å². The minimum atomic E-state index is 0.555. The summed E-state index contributed by atoms with van der Waals surface area (Å²) < 4.78 is 1.32. The standard InChI is InChI=1S/C21H23N3S/c1-14-21(15-8-10-24(14)11-9-15)23-17-6-7-18(22-13-17)20-12-16-4-2-3-5-19(16)25-20/h2-7,12-15,21,23H,8-11H2,1H3. The average molecular weight is 350 g/mol. The van der Waals surface area contributed by atoms with E-state index in [9.17, 15) is 0 Å². The monoisotopic (exact) mass is 349 g/mol. The summed E-state index contributed by atoms with van der Waals surface area (Å²) in [6.45, 7) is 4.91. The van der Waals surface area contributed by atoms with Crippen LogP contribution in [0.25, 0.3) is 20.7 Å². The highest BCUT2D eigenvalue weighted by atomic mass is 32.1. The summed E-state index contributed by atoms with van der Waals surface area (Å²) >= 11 is 1.81. The van der Waals surface area contributed by atoms with Gasteiger partial charge in [-0.05, 0) is 68.4 Å². The van der Waals surface area contributed by atoms with Gasteiger partial charge in [0.2, 0.25) is 0 Å². The van der Waals surface area contributed by atoms with Crippen LogP contribution in [0.2, 0.25) is 0 Å². The number of piperidine rings is 3. The Morgan fingerprint density at radius 1 is 1.12 bits per heavy atom. The van der Waals surface area contributed by atoms with Crippen molar-refractivity contribution in [3.63, 3.8) is 0 Å². The topological polar surface area (TPSA) is 28.2 Å². The van der Waals surface area contributed by atoms with Crippen molar-refractivity contribution < 1.29 is 0 Å². The zero-order valence-corrected chi connectivity index (χ0v) is 15.3. The summed E-state index contributed by atoms with van der Waals surface area (Å²) in [5.74, 6) is 0.808. The lowest BCUT2D eigenvalue weighted by atomic mass is 9.79. The first-order valence-electron chi connectivity index (χ1n) is 9.23. The van der Waals surface area contributed by atoms with Gasteiger partial charge in [-0.25, -0.2) is 0 Å². The van der Waals surface area contributed by atoms with Gasteiger partial charge in [0.1, 0.15) is 0 Å². The van der Waals surface area contributed by atoms with Gasteiger partial charge in [-0.3, -0.25) is 9.88 Å². The van der Waals surface area contributed by atoms with E-state index in [2.05, 4.69) is 59.6 Å². The van der Waals surface area contributed by atoms with Gasteiger partial charge in [0, 0.05) is 16.8 Å². The third kappa shape index (κ3) is 2.74. The first kappa shape index (κ1) is 15.4. The van der Waals surface area contributed by atoms with Crippen molar-refractivity contribution in [3.8, 4) is 10.6 Å². The van der Waals surface area contributed by atoms with Crippen LogP contribution >= 0.6 is 11.3 Å². The van der Waals surface area contributed by atoms with Gasteiger partial charge in [-0.15, -0.1) is 11.3 Å². The number of nitrogens with zero attached hydrogens (tertiary/aromatic N) is 2. The molecule has 4 heteroatoms. The molecule has 0 radical (unpaired) electrons. The number of hydrogen-bond donors (Lipinski definition) is 1. The molecule has 0 amide bonds. The first-order chi connectivity index (χ1) is 12.3. The molecule has 128 valence electrons. The maximum atomic E-state index is 4.73. The number of fused-ring (bicyclic) bond motifs is 4. The van der Waals surface area contributed by atoms with Crippen LogP contribution in [0.15, 0.2) is 48.7 Å². The quantitative estimate of drug-likeness (QED) is 0.732. The Bertz CT molecular complexity index is 843. The van der Waals surface area contributed by atoms with Crippen molar-refractivity contribution in [1.29, 1.82) is 0 Å². The van der Waals surface area contributed by atoms with E-state index in [-0.39, 0.29) is 0 Å². The molecule has 3 saturated heterocycles. The predicted molar refractivity (Wildman–Crippen MR) is 106 cm³/mol. The van der Waals surface area contributed by atoms with Crippen molar-refractivity contribution in [2.45, 2.75) is 31.8 Å². The summed E-state index contributed by atoms with van der Waals surface area (Å²) in [5.41, 5.74) is 2.21. The molecule has 2 atom stereocenters. The van der Waals surface area contributed by atoms with Gasteiger partial charge >= 0.3 is 0 Å². The van der Waals surface area contributed by atoms with Crippen LogP contribution in [0.4, 0.5) is 5.69 Å². The van der Waals surface area contributed by atoms with E-state index in [1.165, 1.54) is 40.9 Å². The molecule has 2 bridgehead atoms. The molecule has 1 aromatic carbocycles. The zero-order valence-electron chi connectivity index (χ0n) is 14.5. The molecule has 2 aromatic heterocycles. The van der Waals surface area contributed by atoms with E-state index in [1.54, 1.807) is 0 Å². The van der Waals surface area contributed by atoms with E-state index in [1.807, 2.05) is 17.5 Å². The molecular weight excluding hydrogens is 326 g/mol. The number of benzene rings is 1. The summed E-state index contributed by atoms with van der Waals surface area (Å²) in [6.07, 6.45) is 4.66. The molecule has 6 rings (SSSR count). The summed E-state index contributed by atoms with van der Waals surface area (Å²) in [4.78, 5) is 8.59. The van der Waals surface area contributed by atoms with E-state index in [4.69, 9.17) is 4.98 Å². The highest BCUT2D eigenvalue weighted by Gasteiger charge is 2.39. The molecule has 2 unspecified atom stereocenters. The molecule has 3 aliphatic rings. The first-order valence-corrected chi connectivity index (χ1v) is 10.1.